The number of carbonyl (C=O) groups excluding carboxylic acids is 1. The maximum Gasteiger partial charge on any atom is 0.293 e. The molecule has 0 spiro atoms. The molecular weight excluding hydrogens is 472 g/mol. The maximum absolute atomic E-state index is 12.7. The first-order chi connectivity index (χ1) is 16.4. The SMILES string of the molecule is CC1CCN(c2ccc(C(=O)Nc3nnc(SCc4ccc(C#N)cc4)s3)cc2[N+](=O)[O-])CC1. The Labute approximate surface area is 205 Å². The molecule has 0 unspecified atom stereocenters. The van der Waals surface area contributed by atoms with Crippen molar-refractivity contribution in [1.29, 1.82) is 5.26 Å². The minimum atomic E-state index is -0.471. The predicted molar refractivity (Wildman–Crippen MR) is 132 cm³/mol. The van der Waals surface area contributed by atoms with Gasteiger partial charge in [0.25, 0.3) is 11.6 Å². The van der Waals surface area contributed by atoms with Crippen LogP contribution >= 0.6 is 23.1 Å². The van der Waals surface area contributed by atoms with E-state index in [1.165, 1.54) is 29.2 Å². The van der Waals surface area contributed by atoms with Crippen molar-refractivity contribution >= 4 is 45.5 Å². The summed E-state index contributed by atoms with van der Waals surface area (Å²) in [5.41, 5.74) is 2.32. The topological polar surface area (TPSA) is 125 Å². The molecule has 1 amide bonds. The lowest BCUT2D eigenvalue weighted by Gasteiger charge is -2.31. The van der Waals surface area contributed by atoms with Gasteiger partial charge in [-0.3, -0.25) is 20.2 Å². The molecule has 0 radical (unpaired) electrons. The van der Waals surface area contributed by atoms with Crippen LogP contribution in [0, 0.1) is 27.4 Å². The Kier molecular flexibility index (Phi) is 7.40. The van der Waals surface area contributed by atoms with Crippen molar-refractivity contribution in [2.75, 3.05) is 23.3 Å². The molecular formula is C23H22N6O3S2. The van der Waals surface area contributed by atoms with Gasteiger partial charge in [0.1, 0.15) is 5.69 Å². The highest BCUT2D eigenvalue weighted by Gasteiger charge is 2.25. The van der Waals surface area contributed by atoms with E-state index in [2.05, 4.69) is 28.5 Å². The molecule has 11 heteroatoms. The van der Waals surface area contributed by atoms with E-state index in [1.54, 1.807) is 24.3 Å². The summed E-state index contributed by atoms with van der Waals surface area (Å²) in [4.78, 5) is 26.0. The molecule has 4 rings (SSSR count). The van der Waals surface area contributed by atoms with Crippen molar-refractivity contribution in [3.8, 4) is 6.07 Å². The molecule has 34 heavy (non-hydrogen) atoms. The van der Waals surface area contributed by atoms with E-state index in [1.807, 2.05) is 17.0 Å². The normalized spacial score (nSPS) is 13.9. The largest absolute Gasteiger partial charge is 0.366 e. The summed E-state index contributed by atoms with van der Waals surface area (Å²) in [6.45, 7) is 3.71. The van der Waals surface area contributed by atoms with Gasteiger partial charge in [-0.05, 0) is 48.6 Å². The molecule has 1 saturated heterocycles. The summed E-state index contributed by atoms with van der Waals surface area (Å²) in [6, 6.07) is 14.0. The fourth-order valence-corrected chi connectivity index (χ4v) is 5.34. The number of aromatic nitrogens is 2. The number of nitro benzene ring substituents is 1. The second-order valence-electron chi connectivity index (χ2n) is 8.05. The Balaban J connectivity index is 1.40. The second kappa shape index (κ2) is 10.6. The van der Waals surface area contributed by atoms with Gasteiger partial charge >= 0.3 is 0 Å². The van der Waals surface area contributed by atoms with E-state index in [4.69, 9.17) is 5.26 Å². The number of nitro groups is 1. The highest BCUT2D eigenvalue weighted by atomic mass is 32.2. The zero-order valence-electron chi connectivity index (χ0n) is 18.4. The van der Waals surface area contributed by atoms with Gasteiger partial charge in [0.05, 0.1) is 16.6 Å². The summed E-state index contributed by atoms with van der Waals surface area (Å²) in [7, 11) is 0. The van der Waals surface area contributed by atoms with Gasteiger partial charge in [-0.1, -0.05) is 42.2 Å². The first-order valence-corrected chi connectivity index (χ1v) is 12.5. The Morgan fingerprint density at radius 2 is 2.00 bits per heavy atom. The van der Waals surface area contributed by atoms with E-state index >= 15 is 0 Å². The van der Waals surface area contributed by atoms with E-state index in [-0.39, 0.29) is 11.3 Å². The summed E-state index contributed by atoms with van der Waals surface area (Å²) in [5.74, 6) is 0.790. The van der Waals surface area contributed by atoms with Gasteiger partial charge in [0, 0.05) is 30.5 Å². The molecule has 9 nitrogen and oxygen atoms in total. The number of nitrogens with zero attached hydrogens (tertiary/aromatic N) is 5. The molecule has 1 aliphatic heterocycles. The third-order valence-corrected chi connectivity index (χ3v) is 7.67. The lowest BCUT2D eigenvalue weighted by Crippen LogP contribution is -2.33. The number of nitriles is 1. The second-order valence-corrected chi connectivity index (χ2v) is 10.3. The first kappa shape index (κ1) is 23.7. The number of carbonyl (C=O) groups is 1. The number of benzene rings is 2. The lowest BCUT2D eigenvalue weighted by molar-refractivity contribution is -0.384. The quantitative estimate of drug-likeness (QED) is 0.208. The van der Waals surface area contributed by atoms with Crippen molar-refractivity contribution in [1.82, 2.24) is 10.2 Å². The van der Waals surface area contributed by atoms with Gasteiger partial charge in [-0.15, -0.1) is 10.2 Å². The minimum absolute atomic E-state index is 0.0712. The van der Waals surface area contributed by atoms with Gasteiger partial charge in [-0.2, -0.15) is 5.26 Å². The van der Waals surface area contributed by atoms with Crippen LogP contribution in [0.1, 0.15) is 41.3 Å². The Bertz CT molecular complexity index is 1230. The molecule has 1 N–H and O–H groups in total. The molecule has 3 aromatic rings. The van der Waals surface area contributed by atoms with E-state index in [0.717, 1.165) is 31.5 Å². The lowest BCUT2D eigenvalue weighted by atomic mass is 9.98. The summed E-state index contributed by atoms with van der Waals surface area (Å²) in [6.07, 6.45) is 1.98. The van der Waals surface area contributed by atoms with Crippen LogP contribution in [-0.2, 0) is 5.75 Å². The van der Waals surface area contributed by atoms with E-state index < -0.39 is 10.8 Å². The van der Waals surface area contributed by atoms with Crippen LogP contribution in [0.4, 0.5) is 16.5 Å². The highest BCUT2D eigenvalue weighted by molar-refractivity contribution is 8.00. The van der Waals surface area contributed by atoms with Crippen molar-refractivity contribution in [3.63, 3.8) is 0 Å². The molecule has 174 valence electrons. The summed E-state index contributed by atoms with van der Waals surface area (Å²) >= 11 is 2.70. The maximum atomic E-state index is 12.7. The molecule has 2 aromatic carbocycles. The van der Waals surface area contributed by atoms with E-state index in [0.29, 0.717) is 32.4 Å². The third kappa shape index (κ3) is 5.70. The Hall–Kier alpha value is -3.49. The smallest absolute Gasteiger partial charge is 0.293 e. The molecule has 0 saturated carbocycles. The molecule has 1 fully saturated rings. The molecule has 1 aromatic heterocycles. The van der Waals surface area contributed by atoms with Crippen molar-refractivity contribution in [2.45, 2.75) is 29.9 Å². The van der Waals surface area contributed by atoms with Crippen LogP contribution in [0.3, 0.4) is 0 Å². The van der Waals surface area contributed by atoms with Crippen LogP contribution in [-0.4, -0.2) is 34.1 Å². The summed E-state index contributed by atoms with van der Waals surface area (Å²) < 4.78 is 0.681. The number of piperidine rings is 1. The molecule has 0 atom stereocenters. The van der Waals surface area contributed by atoms with Gasteiger partial charge in [0.2, 0.25) is 5.13 Å². The van der Waals surface area contributed by atoms with Crippen molar-refractivity contribution in [3.05, 3.63) is 69.3 Å². The highest BCUT2D eigenvalue weighted by Crippen LogP contribution is 2.33. The van der Waals surface area contributed by atoms with E-state index in [9.17, 15) is 14.9 Å². The van der Waals surface area contributed by atoms with Crippen LogP contribution in [0.25, 0.3) is 0 Å². The summed E-state index contributed by atoms with van der Waals surface area (Å²) in [5, 5.41) is 31.7. The monoisotopic (exact) mass is 494 g/mol. The number of amides is 1. The Morgan fingerprint density at radius 3 is 2.68 bits per heavy atom. The van der Waals surface area contributed by atoms with Gasteiger partial charge in [-0.25, -0.2) is 0 Å². The fourth-order valence-electron chi connectivity index (χ4n) is 3.64. The number of rotatable bonds is 7. The Morgan fingerprint density at radius 1 is 1.26 bits per heavy atom. The van der Waals surface area contributed by atoms with Crippen LogP contribution < -0.4 is 10.2 Å². The third-order valence-electron chi connectivity index (χ3n) is 5.63. The van der Waals surface area contributed by atoms with Crippen LogP contribution in [0.2, 0.25) is 0 Å². The average Bonchev–Trinajstić information content (AvgIpc) is 3.30. The molecule has 2 heterocycles. The zero-order chi connectivity index (χ0) is 24.1. The number of anilines is 2. The standard InChI is InChI=1S/C23H22N6O3S2/c1-15-8-10-28(11-9-15)19-7-6-18(12-20(19)29(31)32)21(30)25-22-26-27-23(34-22)33-14-17-4-2-16(13-24)3-5-17/h2-7,12,15H,8-11,14H2,1H3,(H,25,26,30). The molecule has 0 bridgehead atoms. The first-order valence-electron chi connectivity index (χ1n) is 10.7. The zero-order valence-corrected chi connectivity index (χ0v) is 20.1. The molecule has 0 aliphatic carbocycles. The van der Waals surface area contributed by atoms with Crippen molar-refractivity contribution in [2.24, 2.45) is 5.92 Å². The number of hydrogen-bond donors (Lipinski definition) is 1. The number of thioether (sulfide) groups is 1. The van der Waals surface area contributed by atoms with Crippen molar-refractivity contribution < 1.29 is 9.72 Å². The van der Waals surface area contributed by atoms with Crippen LogP contribution in [0.15, 0.2) is 46.8 Å². The number of hydrogen-bond acceptors (Lipinski definition) is 9. The fraction of sp³-hybridized carbons (Fsp3) is 0.304. The number of nitrogens with one attached hydrogen (secondary N) is 1. The predicted octanol–water partition coefficient (Wildman–Crippen LogP) is 5.10. The van der Waals surface area contributed by atoms with Gasteiger partial charge < -0.3 is 4.90 Å². The minimum Gasteiger partial charge on any atom is -0.366 e. The van der Waals surface area contributed by atoms with Crippen LogP contribution in [0.5, 0.6) is 0 Å². The van der Waals surface area contributed by atoms with Gasteiger partial charge in [0.15, 0.2) is 4.34 Å². The molecule has 1 aliphatic rings. The average molecular weight is 495 g/mol.